The molecule has 0 saturated carbocycles. The van der Waals surface area contributed by atoms with Crippen LogP contribution >= 0.6 is 11.6 Å². The summed E-state index contributed by atoms with van der Waals surface area (Å²) in [7, 11) is 0. The minimum atomic E-state index is -0.0118. The van der Waals surface area contributed by atoms with Crippen molar-refractivity contribution in [1.82, 2.24) is 4.90 Å². The molecule has 0 aromatic heterocycles. The van der Waals surface area contributed by atoms with Crippen LogP contribution in [-0.4, -0.2) is 42.7 Å². The summed E-state index contributed by atoms with van der Waals surface area (Å²) in [5.74, 6) is 0.666. The Bertz CT molecular complexity index is 499. The molecule has 1 heterocycles. The van der Waals surface area contributed by atoms with Gasteiger partial charge in [0, 0.05) is 18.1 Å². The Labute approximate surface area is 131 Å². The fourth-order valence-corrected chi connectivity index (χ4v) is 2.72. The fourth-order valence-electron chi connectivity index (χ4n) is 2.61. The number of rotatable bonds is 3. The largest absolute Gasteiger partial charge is 0.484 e. The monoisotopic (exact) mass is 311 g/mol. The zero-order valence-corrected chi connectivity index (χ0v) is 13.7. The van der Waals surface area contributed by atoms with Crippen molar-refractivity contribution in [2.45, 2.75) is 39.9 Å². The molecule has 1 fully saturated rings. The first-order valence-corrected chi connectivity index (χ1v) is 7.57. The second kappa shape index (κ2) is 6.67. The smallest absolute Gasteiger partial charge is 0.260 e. The SMILES string of the molecule is Cc1cc(OCC(=O)N2C[C@@H](C)O[C@H](C)C2)cc(C)c1Cl. The van der Waals surface area contributed by atoms with Gasteiger partial charge in [-0.3, -0.25) is 4.79 Å². The number of ether oxygens (including phenoxy) is 2. The third-order valence-corrected chi connectivity index (χ3v) is 4.14. The van der Waals surface area contributed by atoms with Crippen molar-refractivity contribution >= 4 is 17.5 Å². The van der Waals surface area contributed by atoms with Crippen molar-refractivity contribution in [2.75, 3.05) is 19.7 Å². The lowest BCUT2D eigenvalue weighted by Gasteiger charge is -2.35. The molecule has 1 aliphatic heterocycles. The second-order valence-corrected chi connectivity index (χ2v) is 6.09. The van der Waals surface area contributed by atoms with E-state index in [2.05, 4.69) is 0 Å². The van der Waals surface area contributed by atoms with E-state index >= 15 is 0 Å². The van der Waals surface area contributed by atoms with E-state index in [1.165, 1.54) is 0 Å². The molecular formula is C16H22ClNO3. The molecule has 0 bridgehead atoms. The average molecular weight is 312 g/mol. The summed E-state index contributed by atoms with van der Waals surface area (Å²) in [6.45, 7) is 9.08. The molecule has 0 radical (unpaired) electrons. The Balaban J connectivity index is 1.95. The Morgan fingerprint density at radius 1 is 1.29 bits per heavy atom. The van der Waals surface area contributed by atoms with Gasteiger partial charge in [0.1, 0.15) is 5.75 Å². The number of aryl methyl sites for hydroxylation is 2. The molecule has 1 aromatic carbocycles. The molecule has 4 nitrogen and oxygen atoms in total. The highest BCUT2D eigenvalue weighted by atomic mass is 35.5. The number of morpholine rings is 1. The minimum Gasteiger partial charge on any atom is -0.484 e. The fraction of sp³-hybridized carbons (Fsp3) is 0.562. The number of halogens is 1. The van der Waals surface area contributed by atoms with Crippen LogP contribution in [0.3, 0.4) is 0 Å². The third-order valence-electron chi connectivity index (χ3n) is 3.54. The highest BCUT2D eigenvalue weighted by Gasteiger charge is 2.26. The molecule has 5 heteroatoms. The summed E-state index contributed by atoms with van der Waals surface area (Å²) >= 11 is 6.12. The predicted molar refractivity (Wildman–Crippen MR) is 83.0 cm³/mol. The predicted octanol–water partition coefficient (Wildman–Crippen LogP) is 2.97. The lowest BCUT2D eigenvalue weighted by molar-refractivity contribution is -0.145. The van der Waals surface area contributed by atoms with Gasteiger partial charge in [-0.2, -0.15) is 0 Å². The van der Waals surface area contributed by atoms with E-state index in [0.29, 0.717) is 18.8 Å². The molecular weight excluding hydrogens is 290 g/mol. The van der Waals surface area contributed by atoms with Gasteiger partial charge in [-0.05, 0) is 51.0 Å². The highest BCUT2D eigenvalue weighted by molar-refractivity contribution is 6.32. The number of benzene rings is 1. The molecule has 1 aromatic rings. The Hall–Kier alpha value is -1.26. The van der Waals surface area contributed by atoms with E-state index in [9.17, 15) is 4.79 Å². The topological polar surface area (TPSA) is 38.8 Å². The van der Waals surface area contributed by atoms with Crippen LogP contribution in [0.15, 0.2) is 12.1 Å². The standard InChI is InChI=1S/C16H22ClNO3/c1-10-5-14(6-11(2)16(10)17)20-9-15(19)18-7-12(3)21-13(4)8-18/h5-6,12-13H,7-9H2,1-4H3/t12-,13-/m1/s1. The van der Waals surface area contributed by atoms with E-state index in [-0.39, 0.29) is 24.7 Å². The summed E-state index contributed by atoms with van der Waals surface area (Å²) in [4.78, 5) is 14.0. The molecule has 1 saturated heterocycles. The number of hydrogen-bond donors (Lipinski definition) is 0. The number of amides is 1. The maximum absolute atomic E-state index is 12.2. The van der Waals surface area contributed by atoms with Crippen molar-refractivity contribution in [3.05, 3.63) is 28.3 Å². The van der Waals surface area contributed by atoms with Crippen molar-refractivity contribution in [2.24, 2.45) is 0 Å². The van der Waals surface area contributed by atoms with Crippen LogP contribution in [0.25, 0.3) is 0 Å². The Morgan fingerprint density at radius 3 is 2.33 bits per heavy atom. The third kappa shape index (κ3) is 4.11. The van der Waals surface area contributed by atoms with E-state index in [0.717, 1.165) is 16.1 Å². The molecule has 1 amide bonds. The highest BCUT2D eigenvalue weighted by Crippen LogP contribution is 2.25. The summed E-state index contributed by atoms with van der Waals surface area (Å²) in [5.41, 5.74) is 1.90. The molecule has 2 atom stereocenters. The maximum Gasteiger partial charge on any atom is 0.260 e. The minimum absolute atomic E-state index is 0.0118. The van der Waals surface area contributed by atoms with Crippen LogP contribution in [0.5, 0.6) is 5.75 Å². The normalized spacial score (nSPS) is 22.2. The second-order valence-electron chi connectivity index (χ2n) is 5.72. The molecule has 0 spiro atoms. The van der Waals surface area contributed by atoms with Gasteiger partial charge in [-0.25, -0.2) is 0 Å². The first-order chi connectivity index (χ1) is 9.86. The molecule has 1 aliphatic rings. The summed E-state index contributed by atoms with van der Waals surface area (Å²) < 4.78 is 11.2. The summed E-state index contributed by atoms with van der Waals surface area (Å²) in [6.07, 6.45) is 0.135. The first kappa shape index (κ1) is 16.1. The van der Waals surface area contributed by atoms with Crippen molar-refractivity contribution < 1.29 is 14.3 Å². The maximum atomic E-state index is 12.2. The Morgan fingerprint density at radius 2 is 1.81 bits per heavy atom. The van der Waals surface area contributed by atoms with Crippen molar-refractivity contribution in [3.8, 4) is 5.75 Å². The van der Waals surface area contributed by atoms with Crippen molar-refractivity contribution in [1.29, 1.82) is 0 Å². The first-order valence-electron chi connectivity index (χ1n) is 7.19. The molecule has 21 heavy (non-hydrogen) atoms. The van der Waals surface area contributed by atoms with Crippen LogP contribution < -0.4 is 4.74 Å². The number of carbonyl (C=O) groups is 1. The lowest BCUT2D eigenvalue weighted by Crippen LogP contribution is -2.49. The van der Waals surface area contributed by atoms with Crippen LogP contribution in [-0.2, 0) is 9.53 Å². The average Bonchev–Trinajstić information content (AvgIpc) is 2.40. The molecule has 116 valence electrons. The van der Waals surface area contributed by atoms with Crippen LogP contribution in [0.1, 0.15) is 25.0 Å². The lowest BCUT2D eigenvalue weighted by atomic mass is 10.1. The Kier molecular flexibility index (Phi) is 5.12. The van der Waals surface area contributed by atoms with Gasteiger partial charge in [-0.1, -0.05) is 11.6 Å². The molecule has 0 aliphatic carbocycles. The van der Waals surface area contributed by atoms with Gasteiger partial charge in [0.05, 0.1) is 12.2 Å². The van der Waals surface area contributed by atoms with Crippen LogP contribution in [0.4, 0.5) is 0 Å². The summed E-state index contributed by atoms with van der Waals surface area (Å²) in [6, 6.07) is 3.71. The van der Waals surface area contributed by atoms with Gasteiger partial charge >= 0.3 is 0 Å². The van der Waals surface area contributed by atoms with Gasteiger partial charge in [0.15, 0.2) is 6.61 Å². The van der Waals surface area contributed by atoms with Gasteiger partial charge in [-0.15, -0.1) is 0 Å². The molecule has 2 rings (SSSR count). The number of carbonyl (C=O) groups excluding carboxylic acids is 1. The van der Waals surface area contributed by atoms with Crippen molar-refractivity contribution in [3.63, 3.8) is 0 Å². The van der Waals surface area contributed by atoms with E-state index in [1.54, 1.807) is 4.90 Å². The van der Waals surface area contributed by atoms with Gasteiger partial charge in [0.25, 0.3) is 5.91 Å². The zero-order valence-electron chi connectivity index (χ0n) is 13.0. The van der Waals surface area contributed by atoms with Crippen LogP contribution in [0, 0.1) is 13.8 Å². The zero-order chi connectivity index (χ0) is 15.6. The van der Waals surface area contributed by atoms with E-state index in [1.807, 2.05) is 39.8 Å². The number of hydrogen-bond acceptors (Lipinski definition) is 3. The quantitative estimate of drug-likeness (QED) is 0.861. The van der Waals surface area contributed by atoms with E-state index < -0.39 is 0 Å². The van der Waals surface area contributed by atoms with Gasteiger partial charge in [0.2, 0.25) is 0 Å². The van der Waals surface area contributed by atoms with Crippen LogP contribution in [0.2, 0.25) is 5.02 Å². The van der Waals surface area contributed by atoms with E-state index in [4.69, 9.17) is 21.1 Å². The van der Waals surface area contributed by atoms with Gasteiger partial charge < -0.3 is 14.4 Å². The molecule has 0 unspecified atom stereocenters. The summed E-state index contributed by atoms with van der Waals surface area (Å²) in [5, 5.41) is 0.740. The number of nitrogens with zero attached hydrogens (tertiary/aromatic N) is 1. The molecule has 0 N–H and O–H groups in total.